The fourth-order valence-corrected chi connectivity index (χ4v) is 2.37. The van der Waals surface area contributed by atoms with E-state index in [9.17, 15) is 4.79 Å². The topological polar surface area (TPSA) is 95.6 Å². The second-order valence-corrected chi connectivity index (χ2v) is 4.86. The van der Waals surface area contributed by atoms with Crippen LogP contribution >= 0.6 is 23.4 Å². The summed E-state index contributed by atoms with van der Waals surface area (Å²) in [6, 6.07) is 6.36. The number of halogens is 1. The van der Waals surface area contributed by atoms with Crippen molar-refractivity contribution in [3.63, 3.8) is 0 Å². The van der Waals surface area contributed by atoms with E-state index >= 15 is 0 Å². The second-order valence-electron chi connectivity index (χ2n) is 3.40. The summed E-state index contributed by atoms with van der Waals surface area (Å²) in [5.74, 6) is -0.0849. The second kappa shape index (κ2) is 5.24. The van der Waals surface area contributed by atoms with Crippen LogP contribution in [0.25, 0.3) is 0 Å². The molecule has 0 fully saturated rings. The minimum atomic E-state index is -0.231. The van der Waals surface area contributed by atoms with Gasteiger partial charge in [-0.3, -0.25) is 10.2 Å². The van der Waals surface area contributed by atoms with Crippen LogP contribution in [0.2, 0.25) is 5.02 Å². The van der Waals surface area contributed by atoms with E-state index in [0.29, 0.717) is 20.6 Å². The van der Waals surface area contributed by atoms with Gasteiger partial charge in [0.15, 0.2) is 5.16 Å². The van der Waals surface area contributed by atoms with Crippen molar-refractivity contribution in [3.05, 3.63) is 51.4 Å². The number of amidine groups is 1. The Hall–Kier alpha value is -1.79. The number of nitrogen functional groups attached to an aromatic ring is 1. The zero-order valence-corrected chi connectivity index (χ0v) is 10.7. The third kappa shape index (κ3) is 2.91. The van der Waals surface area contributed by atoms with Gasteiger partial charge >= 0.3 is 0 Å². The largest absolute Gasteiger partial charge is 0.384 e. The molecular formula is C11H9ClN4OS. The number of aromatic amines is 1. The number of nitrogens with two attached hydrogens (primary N) is 1. The molecule has 0 radical (unpaired) electrons. The molecule has 18 heavy (non-hydrogen) atoms. The molecule has 0 saturated carbocycles. The van der Waals surface area contributed by atoms with Crippen molar-refractivity contribution in [2.45, 2.75) is 10.1 Å². The van der Waals surface area contributed by atoms with Gasteiger partial charge in [-0.15, -0.1) is 0 Å². The maximum Gasteiger partial charge on any atom is 0.251 e. The van der Waals surface area contributed by atoms with Crippen molar-refractivity contribution in [1.29, 1.82) is 5.41 Å². The summed E-state index contributed by atoms with van der Waals surface area (Å²) in [7, 11) is 0. The summed E-state index contributed by atoms with van der Waals surface area (Å²) < 4.78 is 0. The summed E-state index contributed by atoms with van der Waals surface area (Å²) in [6.07, 6.45) is 1.42. The maximum absolute atomic E-state index is 11.2. The van der Waals surface area contributed by atoms with Crippen molar-refractivity contribution in [2.75, 3.05) is 0 Å². The van der Waals surface area contributed by atoms with Crippen LogP contribution < -0.4 is 11.3 Å². The Balaban J connectivity index is 2.40. The predicted octanol–water partition coefficient (Wildman–Crippen LogP) is 1.86. The fraction of sp³-hybridized carbons (Fsp3) is 0. The molecule has 0 spiro atoms. The van der Waals surface area contributed by atoms with Gasteiger partial charge in [0.25, 0.3) is 5.56 Å². The molecule has 5 nitrogen and oxygen atoms in total. The molecule has 0 saturated heterocycles. The van der Waals surface area contributed by atoms with Gasteiger partial charge in [0.2, 0.25) is 0 Å². The Labute approximate surface area is 112 Å². The first-order valence-electron chi connectivity index (χ1n) is 4.93. The van der Waals surface area contributed by atoms with Crippen LogP contribution in [0.5, 0.6) is 0 Å². The average molecular weight is 281 g/mol. The van der Waals surface area contributed by atoms with Crippen molar-refractivity contribution < 1.29 is 0 Å². The number of nitrogens with zero attached hydrogens (tertiary/aromatic N) is 1. The lowest BCUT2D eigenvalue weighted by Crippen LogP contribution is -2.12. The molecule has 0 bridgehead atoms. The van der Waals surface area contributed by atoms with Crippen molar-refractivity contribution in [2.24, 2.45) is 5.73 Å². The van der Waals surface area contributed by atoms with Gasteiger partial charge < -0.3 is 10.7 Å². The van der Waals surface area contributed by atoms with E-state index in [-0.39, 0.29) is 11.4 Å². The number of rotatable bonds is 3. The average Bonchev–Trinajstić information content (AvgIpc) is 2.31. The molecule has 0 aliphatic heterocycles. The summed E-state index contributed by atoms with van der Waals surface area (Å²) >= 11 is 7.07. The first-order valence-corrected chi connectivity index (χ1v) is 6.13. The van der Waals surface area contributed by atoms with Crippen LogP contribution in [-0.4, -0.2) is 15.8 Å². The van der Waals surface area contributed by atoms with Gasteiger partial charge in [-0.25, -0.2) is 4.98 Å². The van der Waals surface area contributed by atoms with E-state index in [1.807, 2.05) is 0 Å². The summed E-state index contributed by atoms with van der Waals surface area (Å²) in [6.45, 7) is 0. The molecule has 92 valence electrons. The smallest absolute Gasteiger partial charge is 0.251 e. The van der Waals surface area contributed by atoms with Gasteiger partial charge in [0, 0.05) is 27.7 Å². The highest BCUT2D eigenvalue weighted by molar-refractivity contribution is 7.99. The van der Waals surface area contributed by atoms with Crippen molar-refractivity contribution >= 4 is 29.2 Å². The van der Waals surface area contributed by atoms with Gasteiger partial charge in [0.05, 0.1) is 0 Å². The van der Waals surface area contributed by atoms with E-state index < -0.39 is 0 Å². The Kier molecular flexibility index (Phi) is 3.69. The normalized spacial score (nSPS) is 10.3. The molecule has 0 unspecified atom stereocenters. The number of H-pyrrole nitrogens is 1. The lowest BCUT2D eigenvalue weighted by Gasteiger charge is -2.07. The Bertz CT molecular complexity index is 655. The van der Waals surface area contributed by atoms with Crippen LogP contribution in [0.1, 0.15) is 5.56 Å². The van der Waals surface area contributed by atoms with E-state index in [0.717, 1.165) is 0 Å². The third-order valence-electron chi connectivity index (χ3n) is 2.09. The first kappa shape index (κ1) is 12.7. The number of nitrogens with one attached hydrogen (secondary N) is 2. The number of hydrogen-bond donors (Lipinski definition) is 3. The summed E-state index contributed by atoms with van der Waals surface area (Å²) in [5.41, 5.74) is 5.77. The molecular weight excluding hydrogens is 272 g/mol. The van der Waals surface area contributed by atoms with Gasteiger partial charge in [-0.1, -0.05) is 23.4 Å². The zero-order valence-electron chi connectivity index (χ0n) is 9.11. The Morgan fingerprint density at radius 2 is 2.22 bits per heavy atom. The van der Waals surface area contributed by atoms with Crippen LogP contribution in [0.15, 0.2) is 45.3 Å². The zero-order chi connectivity index (χ0) is 13.1. The molecule has 7 heteroatoms. The molecule has 0 atom stereocenters. The van der Waals surface area contributed by atoms with Crippen molar-refractivity contribution in [3.8, 4) is 0 Å². The van der Waals surface area contributed by atoms with E-state index in [1.165, 1.54) is 24.0 Å². The summed E-state index contributed by atoms with van der Waals surface area (Å²) in [5, 5.41) is 8.43. The highest BCUT2D eigenvalue weighted by atomic mass is 35.5. The first-order chi connectivity index (χ1) is 8.56. The van der Waals surface area contributed by atoms with Gasteiger partial charge in [-0.05, 0) is 18.2 Å². The van der Waals surface area contributed by atoms with Crippen LogP contribution in [-0.2, 0) is 0 Å². The lowest BCUT2D eigenvalue weighted by atomic mass is 10.2. The highest BCUT2D eigenvalue weighted by Gasteiger charge is 2.09. The van der Waals surface area contributed by atoms with E-state index in [2.05, 4.69) is 9.97 Å². The number of hydrogen-bond acceptors (Lipinski definition) is 4. The monoisotopic (exact) mass is 280 g/mol. The molecule has 0 amide bonds. The van der Waals surface area contributed by atoms with Gasteiger partial charge in [0.1, 0.15) is 5.84 Å². The van der Waals surface area contributed by atoms with E-state index in [4.69, 9.17) is 22.7 Å². The molecule has 1 aromatic carbocycles. The fourth-order valence-electron chi connectivity index (χ4n) is 1.31. The molecule has 0 aliphatic carbocycles. The van der Waals surface area contributed by atoms with E-state index in [1.54, 1.807) is 18.2 Å². The maximum atomic E-state index is 11.2. The van der Waals surface area contributed by atoms with Crippen LogP contribution in [0.3, 0.4) is 0 Å². The quantitative estimate of drug-likeness (QED) is 0.454. The SMILES string of the molecule is N=C(N)c1cc(Cl)ccc1Sc1nccc(=O)[nH]1. The Morgan fingerprint density at radius 1 is 1.44 bits per heavy atom. The lowest BCUT2D eigenvalue weighted by molar-refractivity contribution is 0.936. The van der Waals surface area contributed by atoms with Crippen LogP contribution in [0, 0.1) is 5.41 Å². The Morgan fingerprint density at radius 3 is 2.89 bits per heavy atom. The number of benzene rings is 1. The molecule has 1 aromatic heterocycles. The van der Waals surface area contributed by atoms with Gasteiger partial charge in [-0.2, -0.15) is 0 Å². The highest BCUT2D eigenvalue weighted by Crippen LogP contribution is 2.29. The minimum absolute atomic E-state index is 0.0849. The molecule has 2 rings (SSSR count). The minimum Gasteiger partial charge on any atom is -0.384 e. The molecule has 0 aliphatic rings. The number of aromatic nitrogens is 2. The standard InChI is InChI=1S/C11H9ClN4OS/c12-6-1-2-8(7(5-6)10(13)14)18-11-15-4-3-9(17)16-11/h1-5H,(H3,13,14)(H,15,16,17). The molecule has 1 heterocycles. The predicted molar refractivity (Wildman–Crippen MR) is 71.4 cm³/mol. The van der Waals surface area contributed by atoms with Crippen molar-refractivity contribution in [1.82, 2.24) is 9.97 Å². The molecule has 4 N–H and O–H groups in total. The summed E-state index contributed by atoms with van der Waals surface area (Å²) in [4.78, 5) is 18.5. The third-order valence-corrected chi connectivity index (χ3v) is 3.30. The van der Waals surface area contributed by atoms with Crippen LogP contribution in [0.4, 0.5) is 0 Å². The molecule has 2 aromatic rings.